The normalized spacial score (nSPS) is 10.4. The maximum Gasteiger partial charge on any atom is 0.257 e. The molecule has 0 aliphatic carbocycles. The molecule has 100 valence electrons. The Kier molecular flexibility index (Phi) is 3.35. The van der Waals surface area contributed by atoms with Gasteiger partial charge in [-0.1, -0.05) is 0 Å². The Labute approximate surface area is 120 Å². The molecule has 1 aromatic carbocycles. The minimum atomic E-state index is -0.158. The Bertz CT molecular complexity index is 749. The molecule has 0 radical (unpaired) electrons. The molecule has 0 aliphatic heterocycles. The number of benzene rings is 1. The molecule has 0 fully saturated rings. The molecule has 3 rings (SSSR count). The maximum absolute atomic E-state index is 12.1. The zero-order valence-corrected chi connectivity index (χ0v) is 11.7. The highest BCUT2D eigenvalue weighted by Gasteiger charge is 2.07. The summed E-state index contributed by atoms with van der Waals surface area (Å²) in [6.45, 7) is 0. The minimum absolute atomic E-state index is 0.158. The highest BCUT2D eigenvalue weighted by Crippen LogP contribution is 2.24. The van der Waals surface area contributed by atoms with Gasteiger partial charge in [0.15, 0.2) is 0 Å². The number of carbonyl (C=O) groups excluding carboxylic acids is 1. The number of hydrogen-bond acceptors (Lipinski definition) is 4. The van der Waals surface area contributed by atoms with Crippen molar-refractivity contribution in [3.63, 3.8) is 0 Å². The van der Waals surface area contributed by atoms with Gasteiger partial charge in [-0.3, -0.25) is 4.79 Å². The van der Waals surface area contributed by atoms with Gasteiger partial charge in [0.05, 0.1) is 5.56 Å². The largest absolute Gasteiger partial charge is 0.373 e. The van der Waals surface area contributed by atoms with Crippen molar-refractivity contribution in [3.05, 3.63) is 53.5 Å². The van der Waals surface area contributed by atoms with Crippen LogP contribution in [0.25, 0.3) is 10.1 Å². The van der Waals surface area contributed by atoms with E-state index in [2.05, 4.69) is 15.6 Å². The lowest BCUT2D eigenvalue weighted by molar-refractivity contribution is 0.102. The van der Waals surface area contributed by atoms with Crippen molar-refractivity contribution in [2.24, 2.45) is 0 Å². The molecule has 0 unspecified atom stereocenters. The zero-order valence-electron chi connectivity index (χ0n) is 10.9. The SMILES string of the molecule is CNc1ccc(C(=O)Nc2ccc3sccc3c2)cn1. The topological polar surface area (TPSA) is 54.0 Å². The van der Waals surface area contributed by atoms with Crippen LogP contribution in [0.15, 0.2) is 48.0 Å². The zero-order chi connectivity index (χ0) is 13.9. The van der Waals surface area contributed by atoms with Gasteiger partial charge in [0, 0.05) is 23.6 Å². The van der Waals surface area contributed by atoms with E-state index in [0.717, 1.165) is 16.9 Å². The Morgan fingerprint density at radius 2 is 2.10 bits per heavy atom. The van der Waals surface area contributed by atoms with Gasteiger partial charge in [0.2, 0.25) is 0 Å². The van der Waals surface area contributed by atoms with Gasteiger partial charge in [-0.15, -0.1) is 11.3 Å². The summed E-state index contributed by atoms with van der Waals surface area (Å²) in [5.74, 6) is 0.580. The Morgan fingerprint density at radius 1 is 1.20 bits per heavy atom. The summed E-state index contributed by atoms with van der Waals surface area (Å²) >= 11 is 1.69. The van der Waals surface area contributed by atoms with E-state index in [1.807, 2.05) is 29.6 Å². The monoisotopic (exact) mass is 283 g/mol. The third-order valence-electron chi connectivity index (χ3n) is 2.99. The molecule has 0 spiro atoms. The van der Waals surface area contributed by atoms with Crippen molar-refractivity contribution in [2.75, 3.05) is 17.7 Å². The number of nitrogens with zero attached hydrogens (tertiary/aromatic N) is 1. The lowest BCUT2D eigenvalue weighted by atomic mass is 10.2. The fourth-order valence-electron chi connectivity index (χ4n) is 1.92. The van der Waals surface area contributed by atoms with Crippen molar-refractivity contribution >= 4 is 38.8 Å². The number of amides is 1. The molecule has 0 atom stereocenters. The standard InChI is InChI=1S/C15H13N3OS/c1-16-14-5-2-11(9-17-14)15(19)18-12-3-4-13-10(8-12)6-7-20-13/h2-9H,1H3,(H,16,17)(H,18,19). The van der Waals surface area contributed by atoms with Crippen molar-refractivity contribution in [1.29, 1.82) is 0 Å². The molecule has 4 nitrogen and oxygen atoms in total. The molecule has 2 N–H and O–H groups in total. The predicted molar refractivity (Wildman–Crippen MR) is 83.6 cm³/mol. The second-order valence-electron chi connectivity index (χ2n) is 4.31. The third kappa shape index (κ3) is 2.48. The molecule has 3 aromatic rings. The highest BCUT2D eigenvalue weighted by molar-refractivity contribution is 7.17. The number of pyridine rings is 1. The fourth-order valence-corrected chi connectivity index (χ4v) is 2.69. The summed E-state index contributed by atoms with van der Waals surface area (Å²) in [5.41, 5.74) is 1.33. The summed E-state index contributed by atoms with van der Waals surface area (Å²) in [7, 11) is 1.79. The first kappa shape index (κ1) is 12.6. The second-order valence-corrected chi connectivity index (χ2v) is 5.26. The quantitative estimate of drug-likeness (QED) is 0.772. The first-order valence-electron chi connectivity index (χ1n) is 6.19. The van der Waals surface area contributed by atoms with Crippen LogP contribution in [0.5, 0.6) is 0 Å². The predicted octanol–water partition coefficient (Wildman–Crippen LogP) is 3.59. The van der Waals surface area contributed by atoms with Crippen molar-refractivity contribution in [2.45, 2.75) is 0 Å². The molecular formula is C15H13N3OS. The van der Waals surface area contributed by atoms with E-state index < -0.39 is 0 Å². The lowest BCUT2D eigenvalue weighted by Crippen LogP contribution is -2.12. The van der Waals surface area contributed by atoms with Crippen molar-refractivity contribution < 1.29 is 4.79 Å². The van der Waals surface area contributed by atoms with Crippen LogP contribution in [-0.2, 0) is 0 Å². The van der Waals surface area contributed by atoms with Gasteiger partial charge in [-0.05, 0) is 47.2 Å². The van der Waals surface area contributed by atoms with Crippen molar-refractivity contribution in [3.8, 4) is 0 Å². The van der Waals surface area contributed by atoms with Crippen LogP contribution in [0.4, 0.5) is 11.5 Å². The molecule has 1 amide bonds. The van der Waals surface area contributed by atoms with Gasteiger partial charge in [-0.2, -0.15) is 0 Å². The van der Waals surface area contributed by atoms with E-state index in [1.165, 1.54) is 4.70 Å². The summed E-state index contributed by atoms with van der Waals surface area (Å²) in [6, 6.07) is 11.5. The van der Waals surface area contributed by atoms with E-state index in [0.29, 0.717) is 5.56 Å². The van der Waals surface area contributed by atoms with Crippen LogP contribution < -0.4 is 10.6 Å². The van der Waals surface area contributed by atoms with E-state index in [9.17, 15) is 4.79 Å². The first-order valence-corrected chi connectivity index (χ1v) is 7.06. The minimum Gasteiger partial charge on any atom is -0.373 e. The molecular weight excluding hydrogens is 270 g/mol. The average molecular weight is 283 g/mol. The second kappa shape index (κ2) is 5.30. The number of nitrogens with one attached hydrogen (secondary N) is 2. The van der Waals surface area contributed by atoms with E-state index in [4.69, 9.17) is 0 Å². The first-order chi connectivity index (χ1) is 9.76. The molecule has 0 bridgehead atoms. The van der Waals surface area contributed by atoms with Gasteiger partial charge >= 0.3 is 0 Å². The molecule has 0 saturated carbocycles. The number of thiophene rings is 1. The lowest BCUT2D eigenvalue weighted by Gasteiger charge is -2.06. The summed E-state index contributed by atoms with van der Waals surface area (Å²) in [6.07, 6.45) is 1.56. The van der Waals surface area contributed by atoms with E-state index in [1.54, 1.807) is 36.7 Å². The Morgan fingerprint density at radius 3 is 2.85 bits per heavy atom. The molecule has 5 heteroatoms. The summed E-state index contributed by atoms with van der Waals surface area (Å²) in [5, 5.41) is 8.98. The average Bonchev–Trinajstić information content (AvgIpc) is 2.95. The maximum atomic E-state index is 12.1. The Balaban J connectivity index is 1.80. The number of anilines is 2. The smallest absolute Gasteiger partial charge is 0.257 e. The molecule has 2 aromatic heterocycles. The van der Waals surface area contributed by atoms with Crippen LogP contribution >= 0.6 is 11.3 Å². The summed E-state index contributed by atoms with van der Waals surface area (Å²) in [4.78, 5) is 16.3. The third-order valence-corrected chi connectivity index (χ3v) is 3.89. The van der Waals surface area contributed by atoms with Crippen LogP contribution in [0.3, 0.4) is 0 Å². The number of hydrogen-bond donors (Lipinski definition) is 2. The van der Waals surface area contributed by atoms with Gasteiger partial charge in [0.25, 0.3) is 5.91 Å². The number of aromatic nitrogens is 1. The Hall–Kier alpha value is -2.40. The number of rotatable bonds is 3. The fraction of sp³-hybridized carbons (Fsp3) is 0.0667. The van der Waals surface area contributed by atoms with Crippen LogP contribution in [0.2, 0.25) is 0 Å². The number of fused-ring (bicyclic) bond motifs is 1. The molecule has 0 aliphatic rings. The van der Waals surface area contributed by atoms with E-state index >= 15 is 0 Å². The molecule has 2 heterocycles. The molecule has 0 saturated heterocycles. The van der Waals surface area contributed by atoms with E-state index in [-0.39, 0.29) is 5.91 Å². The van der Waals surface area contributed by atoms with Gasteiger partial charge < -0.3 is 10.6 Å². The highest BCUT2D eigenvalue weighted by atomic mass is 32.1. The summed E-state index contributed by atoms with van der Waals surface area (Å²) < 4.78 is 1.21. The van der Waals surface area contributed by atoms with Gasteiger partial charge in [0.1, 0.15) is 5.82 Å². The number of carbonyl (C=O) groups is 1. The molecule has 20 heavy (non-hydrogen) atoms. The van der Waals surface area contributed by atoms with Crippen LogP contribution in [-0.4, -0.2) is 17.9 Å². The van der Waals surface area contributed by atoms with Gasteiger partial charge in [-0.25, -0.2) is 4.98 Å². The van der Waals surface area contributed by atoms with Crippen LogP contribution in [0, 0.1) is 0 Å². The van der Waals surface area contributed by atoms with Crippen LogP contribution in [0.1, 0.15) is 10.4 Å². The van der Waals surface area contributed by atoms with Crippen molar-refractivity contribution in [1.82, 2.24) is 4.98 Å².